The Balaban J connectivity index is 1.76. The number of hydrogen-bond donors (Lipinski definition) is 1. The normalized spacial score (nSPS) is 30.4. The van der Waals surface area contributed by atoms with Gasteiger partial charge in [0.15, 0.2) is 0 Å². The van der Waals surface area contributed by atoms with Gasteiger partial charge in [-0.15, -0.1) is 0 Å². The van der Waals surface area contributed by atoms with Crippen LogP contribution in [0.4, 0.5) is 0 Å². The fourth-order valence-electron chi connectivity index (χ4n) is 2.50. The van der Waals surface area contributed by atoms with Crippen molar-refractivity contribution in [3.63, 3.8) is 0 Å². The quantitative estimate of drug-likeness (QED) is 0.790. The summed E-state index contributed by atoms with van der Waals surface area (Å²) in [7, 11) is 0. The van der Waals surface area contributed by atoms with Crippen molar-refractivity contribution in [2.75, 3.05) is 32.8 Å². The summed E-state index contributed by atoms with van der Waals surface area (Å²) in [6.45, 7) is 7.77. The molecule has 0 saturated carbocycles. The fraction of sp³-hybridized carbons (Fsp3) is 0.923. The Morgan fingerprint density at radius 2 is 2.44 bits per heavy atom. The summed E-state index contributed by atoms with van der Waals surface area (Å²) in [6.07, 6.45) is 1.96. The van der Waals surface area contributed by atoms with Crippen molar-refractivity contribution in [3.05, 3.63) is 0 Å². The van der Waals surface area contributed by atoms with Gasteiger partial charge in [-0.1, -0.05) is 0 Å². The molecule has 2 rings (SSSR count). The molecule has 0 aliphatic carbocycles. The number of amides is 1. The molecule has 2 unspecified atom stereocenters. The molecule has 104 valence electrons. The van der Waals surface area contributed by atoms with Gasteiger partial charge in [0.05, 0.1) is 12.7 Å². The van der Waals surface area contributed by atoms with Crippen LogP contribution in [0.3, 0.4) is 0 Å². The van der Waals surface area contributed by atoms with Gasteiger partial charge >= 0.3 is 0 Å². The molecule has 2 fully saturated rings. The van der Waals surface area contributed by atoms with Gasteiger partial charge in [-0.05, 0) is 26.7 Å². The van der Waals surface area contributed by atoms with Gasteiger partial charge in [-0.3, -0.25) is 4.79 Å². The van der Waals surface area contributed by atoms with E-state index in [1.165, 1.54) is 0 Å². The summed E-state index contributed by atoms with van der Waals surface area (Å²) in [5.74, 6) is 0.0991. The molecule has 18 heavy (non-hydrogen) atoms. The molecule has 0 aromatic heterocycles. The first-order chi connectivity index (χ1) is 8.68. The van der Waals surface area contributed by atoms with Crippen LogP contribution in [0.25, 0.3) is 0 Å². The molecule has 0 spiro atoms. The molecule has 2 heterocycles. The molecular weight excluding hydrogens is 232 g/mol. The van der Waals surface area contributed by atoms with Gasteiger partial charge in [0.1, 0.15) is 6.10 Å². The second-order valence-corrected chi connectivity index (χ2v) is 5.20. The van der Waals surface area contributed by atoms with E-state index in [2.05, 4.69) is 12.2 Å². The van der Waals surface area contributed by atoms with Crippen LogP contribution in [-0.2, 0) is 14.3 Å². The molecule has 2 aliphatic heterocycles. The molecule has 5 nitrogen and oxygen atoms in total. The summed E-state index contributed by atoms with van der Waals surface area (Å²) >= 11 is 0. The van der Waals surface area contributed by atoms with Crippen LogP contribution < -0.4 is 5.32 Å². The van der Waals surface area contributed by atoms with Gasteiger partial charge in [-0.2, -0.15) is 0 Å². The third-order valence-corrected chi connectivity index (χ3v) is 3.69. The van der Waals surface area contributed by atoms with E-state index in [0.717, 1.165) is 39.1 Å². The largest absolute Gasteiger partial charge is 0.376 e. The van der Waals surface area contributed by atoms with Crippen LogP contribution in [-0.4, -0.2) is 61.9 Å². The fourth-order valence-corrected chi connectivity index (χ4v) is 2.50. The van der Waals surface area contributed by atoms with Gasteiger partial charge in [-0.25, -0.2) is 0 Å². The first kappa shape index (κ1) is 13.8. The van der Waals surface area contributed by atoms with Crippen molar-refractivity contribution < 1.29 is 14.3 Å². The Morgan fingerprint density at radius 1 is 1.61 bits per heavy atom. The van der Waals surface area contributed by atoms with Crippen molar-refractivity contribution in [3.8, 4) is 0 Å². The minimum atomic E-state index is -0.366. The minimum absolute atomic E-state index is 0.0991. The molecular formula is C13H24N2O3. The summed E-state index contributed by atoms with van der Waals surface area (Å²) in [5, 5.41) is 3.28. The van der Waals surface area contributed by atoms with Crippen molar-refractivity contribution in [2.45, 2.75) is 44.9 Å². The highest BCUT2D eigenvalue weighted by Crippen LogP contribution is 2.14. The van der Waals surface area contributed by atoms with Crippen LogP contribution in [0.2, 0.25) is 0 Å². The zero-order chi connectivity index (χ0) is 13.0. The zero-order valence-corrected chi connectivity index (χ0v) is 11.4. The van der Waals surface area contributed by atoms with E-state index >= 15 is 0 Å². The Kier molecular flexibility index (Phi) is 4.97. The van der Waals surface area contributed by atoms with Crippen LogP contribution >= 0.6 is 0 Å². The van der Waals surface area contributed by atoms with E-state index in [9.17, 15) is 4.79 Å². The number of hydrogen-bond acceptors (Lipinski definition) is 4. The average molecular weight is 256 g/mol. The van der Waals surface area contributed by atoms with Gasteiger partial charge < -0.3 is 19.7 Å². The van der Waals surface area contributed by atoms with Crippen molar-refractivity contribution in [1.82, 2.24) is 10.2 Å². The predicted molar refractivity (Wildman–Crippen MR) is 68.4 cm³/mol. The molecule has 1 amide bonds. The highest BCUT2D eigenvalue weighted by atomic mass is 16.5. The molecule has 0 aromatic rings. The van der Waals surface area contributed by atoms with Gasteiger partial charge in [0, 0.05) is 32.3 Å². The SMILES string of the molecule is CC(OCC1CCCO1)C(=O)N1CCNC[C@@H]1C. The molecule has 1 N–H and O–H groups in total. The lowest BCUT2D eigenvalue weighted by Gasteiger charge is -2.35. The highest BCUT2D eigenvalue weighted by molar-refractivity contribution is 5.81. The zero-order valence-electron chi connectivity index (χ0n) is 11.4. The van der Waals surface area contributed by atoms with Crippen LogP contribution in [0.5, 0.6) is 0 Å². The lowest BCUT2D eigenvalue weighted by atomic mass is 10.2. The number of rotatable bonds is 4. The van der Waals surface area contributed by atoms with Crippen LogP contribution in [0.1, 0.15) is 26.7 Å². The molecule has 2 saturated heterocycles. The van der Waals surface area contributed by atoms with Gasteiger partial charge in [0.2, 0.25) is 0 Å². The maximum atomic E-state index is 12.2. The molecule has 5 heteroatoms. The monoisotopic (exact) mass is 256 g/mol. The third-order valence-electron chi connectivity index (χ3n) is 3.69. The Morgan fingerprint density at radius 3 is 3.11 bits per heavy atom. The van der Waals surface area contributed by atoms with Crippen LogP contribution in [0, 0.1) is 0 Å². The van der Waals surface area contributed by atoms with E-state index in [1.54, 1.807) is 0 Å². The average Bonchev–Trinajstić information content (AvgIpc) is 2.89. The molecule has 3 atom stereocenters. The summed E-state index contributed by atoms with van der Waals surface area (Å²) in [5.41, 5.74) is 0. The topological polar surface area (TPSA) is 50.8 Å². The lowest BCUT2D eigenvalue weighted by molar-refractivity contribution is -0.147. The van der Waals surface area contributed by atoms with Gasteiger partial charge in [0.25, 0.3) is 5.91 Å². The first-order valence-corrected chi connectivity index (χ1v) is 6.93. The standard InChI is InChI=1S/C13H24N2O3/c1-10-8-14-5-6-15(10)13(16)11(2)18-9-12-4-3-7-17-12/h10-12,14H,3-9H2,1-2H3/t10-,11?,12?/m0/s1. The highest BCUT2D eigenvalue weighted by Gasteiger charge is 2.28. The Labute approximate surface area is 109 Å². The molecule has 0 aromatic carbocycles. The number of ether oxygens (including phenoxy) is 2. The molecule has 0 bridgehead atoms. The van der Waals surface area contributed by atoms with Crippen LogP contribution in [0.15, 0.2) is 0 Å². The minimum Gasteiger partial charge on any atom is -0.376 e. The summed E-state index contributed by atoms with van der Waals surface area (Å²) in [6, 6.07) is 0.250. The predicted octanol–water partition coefficient (Wildman–Crippen LogP) is 0.391. The smallest absolute Gasteiger partial charge is 0.251 e. The van der Waals surface area contributed by atoms with E-state index in [0.29, 0.717) is 6.61 Å². The first-order valence-electron chi connectivity index (χ1n) is 6.93. The second kappa shape index (κ2) is 6.50. The number of nitrogens with one attached hydrogen (secondary N) is 1. The van der Waals surface area contributed by atoms with E-state index in [4.69, 9.17) is 9.47 Å². The number of piperazine rings is 1. The molecule has 2 aliphatic rings. The summed E-state index contributed by atoms with van der Waals surface area (Å²) < 4.78 is 11.1. The number of nitrogens with zero attached hydrogens (tertiary/aromatic N) is 1. The maximum absolute atomic E-state index is 12.2. The second-order valence-electron chi connectivity index (χ2n) is 5.20. The molecule has 0 radical (unpaired) electrons. The van der Waals surface area contributed by atoms with Crippen molar-refractivity contribution >= 4 is 5.91 Å². The number of carbonyl (C=O) groups excluding carboxylic acids is 1. The number of carbonyl (C=O) groups is 1. The van der Waals surface area contributed by atoms with E-state index < -0.39 is 0 Å². The Hall–Kier alpha value is -0.650. The van der Waals surface area contributed by atoms with E-state index in [1.807, 2.05) is 11.8 Å². The van der Waals surface area contributed by atoms with E-state index in [-0.39, 0.29) is 24.2 Å². The van der Waals surface area contributed by atoms with Crippen molar-refractivity contribution in [2.24, 2.45) is 0 Å². The maximum Gasteiger partial charge on any atom is 0.251 e. The lowest BCUT2D eigenvalue weighted by Crippen LogP contribution is -2.55. The van der Waals surface area contributed by atoms with Crippen molar-refractivity contribution in [1.29, 1.82) is 0 Å². The Bertz CT molecular complexity index is 279. The third kappa shape index (κ3) is 3.43. The summed E-state index contributed by atoms with van der Waals surface area (Å²) in [4.78, 5) is 14.2.